The summed E-state index contributed by atoms with van der Waals surface area (Å²) in [6.07, 6.45) is 0. The SMILES string of the molecule is c1ccc(-c2ccc(N(c3ccc(-c4ccccc4)cc3)c3ccc(-c4c(-c5ccccc5)ccc5c4oc4ccc6oc7ccccc7c6c45)cc3)cc2)cc1. The zero-order chi connectivity index (χ0) is 37.7. The fraction of sp³-hybridized carbons (Fsp3) is 0. The van der Waals surface area contributed by atoms with Gasteiger partial charge in [0.25, 0.3) is 0 Å². The molecule has 11 aromatic rings. The van der Waals surface area contributed by atoms with Gasteiger partial charge in [0.1, 0.15) is 22.3 Å². The van der Waals surface area contributed by atoms with Gasteiger partial charge in [0, 0.05) is 44.2 Å². The van der Waals surface area contributed by atoms with E-state index in [4.69, 9.17) is 8.83 Å². The normalized spacial score (nSPS) is 11.5. The van der Waals surface area contributed by atoms with Crippen LogP contribution in [-0.4, -0.2) is 0 Å². The zero-order valence-corrected chi connectivity index (χ0v) is 31.0. The van der Waals surface area contributed by atoms with Crippen molar-refractivity contribution < 1.29 is 8.83 Å². The summed E-state index contributed by atoms with van der Waals surface area (Å²) in [5.41, 5.74) is 15.8. The number of rotatable bonds is 7. The first-order valence-electron chi connectivity index (χ1n) is 19.3. The molecule has 11 rings (SSSR count). The van der Waals surface area contributed by atoms with Gasteiger partial charge in [-0.2, -0.15) is 0 Å². The minimum absolute atomic E-state index is 0.844. The first kappa shape index (κ1) is 32.8. The maximum atomic E-state index is 6.89. The number of nitrogens with zero attached hydrogens (tertiary/aromatic N) is 1. The largest absolute Gasteiger partial charge is 0.456 e. The third-order valence-corrected chi connectivity index (χ3v) is 11.1. The number of hydrogen-bond acceptors (Lipinski definition) is 3. The molecule has 268 valence electrons. The molecular weight excluding hydrogens is 695 g/mol. The molecule has 0 atom stereocenters. The van der Waals surface area contributed by atoms with E-state index < -0.39 is 0 Å². The summed E-state index contributed by atoms with van der Waals surface area (Å²) in [7, 11) is 0. The highest BCUT2D eigenvalue weighted by atomic mass is 16.3. The van der Waals surface area contributed by atoms with Crippen molar-refractivity contribution in [2.45, 2.75) is 0 Å². The van der Waals surface area contributed by atoms with E-state index in [0.29, 0.717) is 0 Å². The molecule has 57 heavy (non-hydrogen) atoms. The van der Waals surface area contributed by atoms with Crippen molar-refractivity contribution in [2.24, 2.45) is 0 Å². The molecule has 0 N–H and O–H groups in total. The number of anilines is 3. The molecule has 3 nitrogen and oxygen atoms in total. The highest BCUT2D eigenvalue weighted by Gasteiger charge is 2.22. The lowest BCUT2D eigenvalue weighted by Crippen LogP contribution is -2.09. The van der Waals surface area contributed by atoms with Crippen LogP contribution in [0.2, 0.25) is 0 Å². The Labute approximate surface area is 330 Å². The fourth-order valence-corrected chi connectivity index (χ4v) is 8.38. The maximum absolute atomic E-state index is 6.89. The topological polar surface area (TPSA) is 29.5 Å². The Hall–Kier alpha value is -7.62. The molecule has 0 saturated heterocycles. The summed E-state index contributed by atoms with van der Waals surface area (Å²) in [5.74, 6) is 0. The molecule has 0 aliphatic carbocycles. The van der Waals surface area contributed by atoms with Crippen LogP contribution < -0.4 is 4.90 Å². The van der Waals surface area contributed by atoms with Gasteiger partial charge in [0.05, 0.1) is 0 Å². The number of fused-ring (bicyclic) bond motifs is 7. The van der Waals surface area contributed by atoms with Gasteiger partial charge in [0.15, 0.2) is 0 Å². The van der Waals surface area contributed by atoms with E-state index in [1.54, 1.807) is 0 Å². The first-order chi connectivity index (χ1) is 28.3. The van der Waals surface area contributed by atoms with E-state index in [9.17, 15) is 0 Å². The molecule has 0 saturated carbocycles. The Morgan fingerprint density at radius 2 is 0.719 bits per heavy atom. The van der Waals surface area contributed by atoms with Crippen LogP contribution in [0.3, 0.4) is 0 Å². The summed E-state index contributed by atoms with van der Waals surface area (Å²) in [5, 5.41) is 4.32. The molecule has 2 heterocycles. The van der Waals surface area contributed by atoms with Crippen molar-refractivity contribution in [3.8, 4) is 44.5 Å². The molecule has 2 aromatic heterocycles. The molecule has 0 aliphatic heterocycles. The van der Waals surface area contributed by atoms with Crippen LogP contribution in [0.4, 0.5) is 17.1 Å². The molecule has 0 spiro atoms. The Morgan fingerprint density at radius 1 is 0.281 bits per heavy atom. The van der Waals surface area contributed by atoms with Crippen molar-refractivity contribution in [2.75, 3.05) is 4.90 Å². The third kappa shape index (κ3) is 5.68. The lowest BCUT2D eigenvalue weighted by atomic mass is 9.92. The molecule has 0 radical (unpaired) electrons. The molecule has 0 aliphatic rings. The quantitative estimate of drug-likeness (QED) is 0.164. The van der Waals surface area contributed by atoms with Crippen molar-refractivity contribution in [1.82, 2.24) is 0 Å². The van der Waals surface area contributed by atoms with E-state index >= 15 is 0 Å². The molecular formula is C54H35NO2. The smallest absolute Gasteiger partial charge is 0.143 e. The predicted molar refractivity (Wildman–Crippen MR) is 237 cm³/mol. The number of hydrogen-bond donors (Lipinski definition) is 0. The second kappa shape index (κ2) is 13.6. The van der Waals surface area contributed by atoms with Gasteiger partial charge >= 0.3 is 0 Å². The number of para-hydroxylation sites is 1. The van der Waals surface area contributed by atoms with Gasteiger partial charge in [-0.3, -0.25) is 0 Å². The van der Waals surface area contributed by atoms with Gasteiger partial charge in [-0.05, 0) is 99.6 Å². The van der Waals surface area contributed by atoms with Gasteiger partial charge in [-0.25, -0.2) is 0 Å². The average molecular weight is 730 g/mol. The Balaban J connectivity index is 1.07. The highest BCUT2D eigenvalue weighted by molar-refractivity contribution is 6.27. The lowest BCUT2D eigenvalue weighted by Gasteiger charge is -2.26. The highest BCUT2D eigenvalue weighted by Crippen LogP contribution is 2.46. The van der Waals surface area contributed by atoms with Crippen LogP contribution in [0.1, 0.15) is 0 Å². The maximum Gasteiger partial charge on any atom is 0.143 e. The summed E-state index contributed by atoms with van der Waals surface area (Å²) in [4.78, 5) is 2.33. The van der Waals surface area contributed by atoms with Crippen LogP contribution in [0.5, 0.6) is 0 Å². The summed E-state index contributed by atoms with van der Waals surface area (Å²) < 4.78 is 13.2. The monoisotopic (exact) mass is 729 g/mol. The Bertz CT molecular complexity index is 3100. The van der Waals surface area contributed by atoms with Crippen LogP contribution in [-0.2, 0) is 0 Å². The molecule has 9 aromatic carbocycles. The molecule has 0 bridgehead atoms. The van der Waals surface area contributed by atoms with E-state index in [0.717, 1.165) is 83.2 Å². The Kier molecular flexibility index (Phi) is 7.82. The van der Waals surface area contributed by atoms with Crippen molar-refractivity contribution in [3.05, 3.63) is 212 Å². The second-order valence-electron chi connectivity index (χ2n) is 14.5. The molecule has 0 amide bonds. The molecule has 0 fully saturated rings. The Morgan fingerprint density at radius 3 is 1.28 bits per heavy atom. The zero-order valence-electron chi connectivity index (χ0n) is 31.0. The summed E-state index contributed by atoms with van der Waals surface area (Å²) in [6, 6.07) is 75.0. The first-order valence-corrected chi connectivity index (χ1v) is 19.3. The van der Waals surface area contributed by atoms with Gasteiger partial charge in [0.2, 0.25) is 0 Å². The second-order valence-corrected chi connectivity index (χ2v) is 14.5. The predicted octanol–water partition coefficient (Wildman–Crippen LogP) is 15.6. The van der Waals surface area contributed by atoms with Crippen LogP contribution in [0.25, 0.3) is 88.4 Å². The van der Waals surface area contributed by atoms with E-state index in [2.05, 4.69) is 193 Å². The minimum Gasteiger partial charge on any atom is -0.456 e. The molecule has 3 heteroatoms. The average Bonchev–Trinajstić information content (AvgIpc) is 3.86. The van der Waals surface area contributed by atoms with Crippen LogP contribution >= 0.6 is 0 Å². The van der Waals surface area contributed by atoms with Gasteiger partial charge < -0.3 is 13.7 Å². The van der Waals surface area contributed by atoms with E-state index in [1.165, 1.54) is 22.3 Å². The van der Waals surface area contributed by atoms with Crippen molar-refractivity contribution in [1.29, 1.82) is 0 Å². The summed E-state index contributed by atoms with van der Waals surface area (Å²) >= 11 is 0. The van der Waals surface area contributed by atoms with E-state index in [1.807, 2.05) is 24.3 Å². The standard InChI is InChI=1S/C54H35NO2/c1-4-12-36(13-5-1)38-20-26-42(27-21-38)55(43-28-22-39(23-29-43)37-14-6-2-7-15-37)44-30-24-41(25-31-44)51-45(40-16-8-3-9-17-40)32-33-47-53-50(57-54(47)51)35-34-49-52(53)46-18-10-11-19-48(46)56-49/h1-35H. The lowest BCUT2D eigenvalue weighted by molar-refractivity contribution is 0.663. The van der Waals surface area contributed by atoms with Crippen LogP contribution in [0.15, 0.2) is 221 Å². The van der Waals surface area contributed by atoms with Gasteiger partial charge in [-0.15, -0.1) is 0 Å². The van der Waals surface area contributed by atoms with Crippen molar-refractivity contribution >= 4 is 60.9 Å². The summed E-state index contributed by atoms with van der Waals surface area (Å²) in [6.45, 7) is 0. The number of benzene rings is 9. The minimum atomic E-state index is 0.844. The van der Waals surface area contributed by atoms with Gasteiger partial charge in [-0.1, -0.05) is 152 Å². The number of furan rings is 2. The van der Waals surface area contributed by atoms with Crippen LogP contribution in [0, 0.1) is 0 Å². The van der Waals surface area contributed by atoms with Crippen molar-refractivity contribution in [3.63, 3.8) is 0 Å². The molecule has 0 unspecified atom stereocenters. The van der Waals surface area contributed by atoms with E-state index in [-0.39, 0.29) is 0 Å². The third-order valence-electron chi connectivity index (χ3n) is 11.1. The fourth-order valence-electron chi connectivity index (χ4n) is 8.38.